The van der Waals surface area contributed by atoms with Gasteiger partial charge in [0, 0.05) is 19.0 Å². The molecule has 5 heteroatoms. The Bertz CT molecular complexity index is 277. The van der Waals surface area contributed by atoms with Crippen LogP contribution < -0.4 is 5.32 Å². The third kappa shape index (κ3) is 5.68. The van der Waals surface area contributed by atoms with Gasteiger partial charge in [0.1, 0.15) is 6.54 Å². The molecular weight excluding hydrogens is 220 g/mol. The third-order valence-electron chi connectivity index (χ3n) is 2.89. The van der Waals surface area contributed by atoms with Crippen molar-refractivity contribution in [1.29, 1.82) is 0 Å². The number of carboxylic acids is 1. The van der Waals surface area contributed by atoms with Crippen molar-refractivity contribution in [3.8, 4) is 0 Å². The number of aliphatic carboxylic acids is 1. The Labute approximate surface area is 102 Å². The first-order valence-corrected chi connectivity index (χ1v) is 6.25. The third-order valence-corrected chi connectivity index (χ3v) is 2.89. The molecule has 0 aromatic carbocycles. The number of hydrogen-bond acceptors (Lipinski definition) is 3. The van der Waals surface area contributed by atoms with E-state index in [1.165, 1.54) is 4.90 Å². The van der Waals surface area contributed by atoms with Gasteiger partial charge in [-0.2, -0.15) is 0 Å². The van der Waals surface area contributed by atoms with Crippen LogP contribution in [0.4, 0.5) is 0 Å². The van der Waals surface area contributed by atoms with E-state index in [-0.39, 0.29) is 18.5 Å². The molecule has 0 aromatic rings. The van der Waals surface area contributed by atoms with E-state index in [0.29, 0.717) is 18.9 Å². The standard InChI is InChI=1S/C12H22N2O3/c1-3-13-9(2)6-11(15)14(8-12(16)17)7-10-4-5-10/h9-10,13H,3-8H2,1-2H3,(H,16,17). The van der Waals surface area contributed by atoms with Crippen molar-refractivity contribution < 1.29 is 14.7 Å². The summed E-state index contributed by atoms with van der Waals surface area (Å²) in [5.74, 6) is -0.476. The second-order valence-corrected chi connectivity index (χ2v) is 4.77. The SMILES string of the molecule is CCNC(C)CC(=O)N(CC(=O)O)CC1CC1. The zero-order valence-corrected chi connectivity index (χ0v) is 10.6. The predicted molar refractivity (Wildman–Crippen MR) is 64.7 cm³/mol. The molecule has 2 N–H and O–H groups in total. The highest BCUT2D eigenvalue weighted by Gasteiger charge is 2.28. The lowest BCUT2D eigenvalue weighted by Crippen LogP contribution is -2.40. The molecule has 0 aliphatic heterocycles. The van der Waals surface area contributed by atoms with Gasteiger partial charge in [0.25, 0.3) is 0 Å². The number of carbonyl (C=O) groups is 2. The molecule has 1 saturated carbocycles. The minimum absolute atomic E-state index is 0.0623. The molecule has 1 fully saturated rings. The molecular formula is C12H22N2O3. The van der Waals surface area contributed by atoms with E-state index in [9.17, 15) is 9.59 Å². The monoisotopic (exact) mass is 242 g/mol. The first-order chi connectivity index (χ1) is 8.02. The van der Waals surface area contributed by atoms with E-state index in [0.717, 1.165) is 19.4 Å². The molecule has 0 spiro atoms. The van der Waals surface area contributed by atoms with Crippen molar-refractivity contribution >= 4 is 11.9 Å². The van der Waals surface area contributed by atoms with Crippen LogP contribution >= 0.6 is 0 Å². The molecule has 1 atom stereocenters. The van der Waals surface area contributed by atoms with Crippen LogP contribution in [0.15, 0.2) is 0 Å². The van der Waals surface area contributed by atoms with Crippen LogP contribution in [0.2, 0.25) is 0 Å². The molecule has 1 aliphatic rings. The average Bonchev–Trinajstić information content (AvgIpc) is 3.00. The summed E-state index contributed by atoms with van der Waals surface area (Å²) in [5, 5.41) is 12.0. The molecule has 1 amide bonds. The van der Waals surface area contributed by atoms with Gasteiger partial charge in [-0.15, -0.1) is 0 Å². The van der Waals surface area contributed by atoms with Gasteiger partial charge in [0.05, 0.1) is 0 Å². The molecule has 0 aromatic heterocycles. The first-order valence-electron chi connectivity index (χ1n) is 6.25. The quantitative estimate of drug-likeness (QED) is 0.657. The number of carbonyl (C=O) groups excluding carboxylic acids is 1. The Morgan fingerprint density at radius 3 is 2.59 bits per heavy atom. The van der Waals surface area contributed by atoms with Gasteiger partial charge >= 0.3 is 5.97 Å². The maximum atomic E-state index is 11.9. The lowest BCUT2D eigenvalue weighted by molar-refractivity contribution is -0.144. The van der Waals surface area contributed by atoms with E-state index in [1.54, 1.807) is 0 Å². The smallest absolute Gasteiger partial charge is 0.323 e. The first kappa shape index (κ1) is 14.0. The largest absolute Gasteiger partial charge is 0.480 e. The summed E-state index contributed by atoms with van der Waals surface area (Å²) in [5.41, 5.74) is 0. The van der Waals surface area contributed by atoms with Crippen molar-refractivity contribution in [2.45, 2.75) is 39.2 Å². The highest BCUT2D eigenvalue weighted by atomic mass is 16.4. The number of nitrogens with one attached hydrogen (secondary N) is 1. The zero-order valence-electron chi connectivity index (χ0n) is 10.6. The fourth-order valence-corrected chi connectivity index (χ4v) is 1.84. The minimum atomic E-state index is -0.935. The van der Waals surface area contributed by atoms with E-state index >= 15 is 0 Å². The summed E-state index contributed by atoms with van der Waals surface area (Å²) in [6, 6.07) is 0.1000. The second kappa shape index (κ2) is 6.59. The normalized spacial score (nSPS) is 16.6. The van der Waals surface area contributed by atoms with Crippen LogP contribution in [0, 0.1) is 5.92 Å². The van der Waals surface area contributed by atoms with Crippen molar-refractivity contribution in [2.75, 3.05) is 19.6 Å². The Balaban J connectivity index is 2.42. The van der Waals surface area contributed by atoms with Gasteiger partial charge in [-0.25, -0.2) is 0 Å². The maximum absolute atomic E-state index is 11.9. The lowest BCUT2D eigenvalue weighted by atomic mass is 10.2. The summed E-state index contributed by atoms with van der Waals surface area (Å²) in [6.07, 6.45) is 2.60. The van der Waals surface area contributed by atoms with E-state index in [4.69, 9.17) is 5.11 Å². The van der Waals surface area contributed by atoms with Gasteiger partial charge in [0.2, 0.25) is 5.91 Å². The summed E-state index contributed by atoms with van der Waals surface area (Å²) in [7, 11) is 0. The van der Waals surface area contributed by atoms with E-state index in [2.05, 4.69) is 5.32 Å². The Hall–Kier alpha value is -1.10. The van der Waals surface area contributed by atoms with Crippen molar-refractivity contribution in [1.82, 2.24) is 10.2 Å². The van der Waals surface area contributed by atoms with Crippen LogP contribution in [0.3, 0.4) is 0 Å². The minimum Gasteiger partial charge on any atom is -0.480 e. The van der Waals surface area contributed by atoms with Crippen LogP contribution in [-0.2, 0) is 9.59 Å². The van der Waals surface area contributed by atoms with Crippen LogP contribution in [0.5, 0.6) is 0 Å². The number of nitrogens with zero attached hydrogens (tertiary/aromatic N) is 1. The Kier molecular flexibility index (Phi) is 5.41. The number of carboxylic acid groups (broad SMARTS) is 1. The molecule has 17 heavy (non-hydrogen) atoms. The molecule has 1 rings (SSSR count). The number of rotatable bonds is 8. The van der Waals surface area contributed by atoms with Crippen LogP contribution in [0.25, 0.3) is 0 Å². The van der Waals surface area contributed by atoms with Gasteiger partial charge < -0.3 is 15.3 Å². The fraction of sp³-hybridized carbons (Fsp3) is 0.833. The lowest BCUT2D eigenvalue weighted by Gasteiger charge is -2.22. The summed E-state index contributed by atoms with van der Waals surface area (Å²) < 4.78 is 0. The van der Waals surface area contributed by atoms with E-state index in [1.807, 2.05) is 13.8 Å². The number of amides is 1. The second-order valence-electron chi connectivity index (χ2n) is 4.77. The molecule has 1 aliphatic carbocycles. The average molecular weight is 242 g/mol. The molecule has 0 saturated heterocycles. The van der Waals surface area contributed by atoms with Gasteiger partial charge in [0.15, 0.2) is 0 Å². The highest BCUT2D eigenvalue weighted by Crippen LogP contribution is 2.29. The molecule has 0 bridgehead atoms. The van der Waals surface area contributed by atoms with E-state index < -0.39 is 5.97 Å². The van der Waals surface area contributed by atoms with Crippen molar-refractivity contribution in [2.24, 2.45) is 5.92 Å². The van der Waals surface area contributed by atoms with Crippen LogP contribution in [0.1, 0.15) is 33.1 Å². The molecule has 98 valence electrons. The summed E-state index contributed by atoms with van der Waals surface area (Å²) in [4.78, 5) is 24.1. The topological polar surface area (TPSA) is 69.6 Å². The molecule has 0 heterocycles. The van der Waals surface area contributed by atoms with Crippen molar-refractivity contribution in [3.05, 3.63) is 0 Å². The van der Waals surface area contributed by atoms with Gasteiger partial charge in [-0.05, 0) is 32.2 Å². The maximum Gasteiger partial charge on any atom is 0.323 e. The van der Waals surface area contributed by atoms with Crippen LogP contribution in [-0.4, -0.2) is 47.6 Å². The van der Waals surface area contributed by atoms with Gasteiger partial charge in [-0.3, -0.25) is 9.59 Å². The Morgan fingerprint density at radius 1 is 1.47 bits per heavy atom. The summed E-state index contributed by atoms with van der Waals surface area (Å²) in [6.45, 7) is 5.17. The number of hydrogen-bond donors (Lipinski definition) is 2. The highest BCUT2D eigenvalue weighted by molar-refractivity contribution is 5.81. The van der Waals surface area contributed by atoms with Crippen molar-refractivity contribution in [3.63, 3.8) is 0 Å². The molecule has 5 nitrogen and oxygen atoms in total. The Morgan fingerprint density at radius 2 is 2.12 bits per heavy atom. The summed E-state index contributed by atoms with van der Waals surface area (Å²) >= 11 is 0. The molecule has 1 unspecified atom stereocenters. The van der Waals surface area contributed by atoms with Gasteiger partial charge in [-0.1, -0.05) is 6.92 Å². The molecule has 0 radical (unpaired) electrons. The predicted octanol–water partition coefficient (Wildman–Crippen LogP) is 0.698. The zero-order chi connectivity index (χ0) is 12.8. The fourth-order valence-electron chi connectivity index (χ4n) is 1.84.